The van der Waals surface area contributed by atoms with Crippen LogP contribution in [0.15, 0.2) is 52.2 Å². The molecule has 0 spiro atoms. The van der Waals surface area contributed by atoms with E-state index in [2.05, 4.69) is 32.5 Å². The van der Waals surface area contributed by atoms with Crippen molar-refractivity contribution in [1.82, 2.24) is 10.6 Å². The Bertz CT molecular complexity index is 546. The molecule has 22 heavy (non-hydrogen) atoms. The quantitative estimate of drug-likeness (QED) is 0.375. The number of aliphatic imine (C=N–C) groups is 1. The normalized spacial score (nSPS) is 12.4. The molecule has 1 unspecified atom stereocenters. The van der Waals surface area contributed by atoms with Crippen LogP contribution in [-0.4, -0.2) is 31.3 Å². The van der Waals surface area contributed by atoms with E-state index in [0.29, 0.717) is 6.54 Å². The van der Waals surface area contributed by atoms with Crippen molar-refractivity contribution in [2.75, 3.05) is 20.2 Å². The first-order chi connectivity index (χ1) is 10.3. The fourth-order valence-corrected chi connectivity index (χ4v) is 2.70. The summed E-state index contributed by atoms with van der Waals surface area (Å²) in [4.78, 5) is 4.20. The van der Waals surface area contributed by atoms with Crippen LogP contribution in [0.1, 0.15) is 17.0 Å². The molecule has 120 valence electrons. The number of rotatable bonds is 6. The highest BCUT2D eigenvalue weighted by molar-refractivity contribution is 14.0. The minimum absolute atomic E-state index is 0. The number of hydrogen-bond donors (Lipinski definition) is 3. The van der Waals surface area contributed by atoms with Crippen molar-refractivity contribution in [1.29, 1.82) is 0 Å². The van der Waals surface area contributed by atoms with E-state index in [0.717, 1.165) is 18.1 Å². The second-order valence-corrected chi connectivity index (χ2v) is 5.51. The van der Waals surface area contributed by atoms with Gasteiger partial charge in [-0.2, -0.15) is 11.3 Å². The summed E-state index contributed by atoms with van der Waals surface area (Å²) in [6, 6.07) is 12.1. The highest BCUT2D eigenvalue weighted by Crippen LogP contribution is 2.13. The zero-order valence-electron chi connectivity index (χ0n) is 12.5. The molecular formula is C16H22IN3OS. The van der Waals surface area contributed by atoms with E-state index in [4.69, 9.17) is 0 Å². The maximum absolute atomic E-state index is 9.55. The van der Waals surface area contributed by atoms with Crippen molar-refractivity contribution in [3.05, 3.63) is 58.3 Å². The third-order valence-electron chi connectivity index (χ3n) is 3.27. The van der Waals surface area contributed by atoms with Gasteiger partial charge in [-0.1, -0.05) is 30.3 Å². The second-order valence-electron chi connectivity index (χ2n) is 4.73. The summed E-state index contributed by atoms with van der Waals surface area (Å²) in [5, 5.41) is 20.2. The van der Waals surface area contributed by atoms with E-state index in [-0.39, 0.29) is 36.5 Å². The van der Waals surface area contributed by atoms with E-state index in [9.17, 15) is 5.11 Å². The van der Waals surface area contributed by atoms with Crippen molar-refractivity contribution < 1.29 is 5.11 Å². The Labute approximate surface area is 152 Å². The van der Waals surface area contributed by atoms with E-state index in [1.165, 1.54) is 5.56 Å². The van der Waals surface area contributed by atoms with Crippen molar-refractivity contribution >= 4 is 41.3 Å². The van der Waals surface area contributed by atoms with Gasteiger partial charge >= 0.3 is 0 Å². The van der Waals surface area contributed by atoms with Crippen LogP contribution in [0.5, 0.6) is 0 Å². The molecule has 0 aliphatic heterocycles. The molecule has 0 radical (unpaired) electrons. The molecule has 0 saturated heterocycles. The molecule has 1 atom stereocenters. The van der Waals surface area contributed by atoms with Gasteiger partial charge in [0.05, 0.1) is 6.61 Å². The number of benzene rings is 1. The molecular weight excluding hydrogens is 409 g/mol. The van der Waals surface area contributed by atoms with Crippen LogP contribution in [0.25, 0.3) is 0 Å². The Morgan fingerprint density at radius 3 is 2.59 bits per heavy atom. The molecule has 2 rings (SSSR count). The zero-order valence-corrected chi connectivity index (χ0v) is 15.7. The average molecular weight is 431 g/mol. The van der Waals surface area contributed by atoms with E-state index in [1.807, 2.05) is 30.3 Å². The van der Waals surface area contributed by atoms with E-state index >= 15 is 0 Å². The number of hydrogen-bond acceptors (Lipinski definition) is 3. The molecule has 0 bridgehead atoms. The molecule has 0 aliphatic carbocycles. The van der Waals surface area contributed by atoms with Gasteiger partial charge in [-0.05, 0) is 28.0 Å². The van der Waals surface area contributed by atoms with Crippen LogP contribution in [0, 0.1) is 0 Å². The van der Waals surface area contributed by atoms with Gasteiger partial charge in [-0.3, -0.25) is 4.99 Å². The fourth-order valence-electron chi connectivity index (χ4n) is 2.03. The van der Waals surface area contributed by atoms with Crippen molar-refractivity contribution in [3.63, 3.8) is 0 Å². The third-order valence-corrected chi connectivity index (χ3v) is 4.00. The molecule has 1 aromatic heterocycles. The van der Waals surface area contributed by atoms with Crippen molar-refractivity contribution in [3.8, 4) is 0 Å². The molecule has 0 fully saturated rings. The maximum Gasteiger partial charge on any atom is 0.191 e. The highest BCUT2D eigenvalue weighted by atomic mass is 127. The molecule has 0 amide bonds. The van der Waals surface area contributed by atoms with Gasteiger partial charge in [0.15, 0.2) is 5.96 Å². The lowest BCUT2D eigenvalue weighted by molar-refractivity contribution is 0.265. The average Bonchev–Trinajstić information content (AvgIpc) is 3.05. The first-order valence-corrected chi connectivity index (χ1v) is 7.89. The Morgan fingerprint density at radius 2 is 2.00 bits per heavy atom. The summed E-state index contributed by atoms with van der Waals surface area (Å²) >= 11 is 1.68. The summed E-state index contributed by atoms with van der Waals surface area (Å²) in [6.07, 6.45) is 0. The maximum atomic E-state index is 9.55. The number of aliphatic hydroxyl groups excluding tert-OH is 1. The number of guanidine groups is 1. The first-order valence-electron chi connectivity index (χ1n) is 6.95. The number of nitrogens with zero attached hydrogens (tertiary/aromatic N) is 1. The molecule has 1 heterocycles. The highest BCUT2D eigenvalue weighted by Gasteiger charge is 2.10. The first kappa shape index (κ1) is 18.9. The topological polar surface area (TPSA) is 56.7 Å². The predicted octanol–water partition coefficient (Wildman–Crippen LogP) is 2.81. The lowest BCUT2D eigenvalue weighted by Gasteiger charge is -2.18. The Balaban J connectivity index is 0.00000242. The predicted molar refractivity (Wildman–Crippen MR) is 104 cm³/mol. The summed E-state index contributed by atoms with van der Waals surface area (Å²) in [5.41, 5.74) is 2.37. The van der Waals surface area contributed by atoms with Gasteiger partial charge in [0, 0.05) is 26.1 Å². The number of nitrogens with one attached hydrogen (secondary N) is 2. The molecule has 6 heteroatoms. The summed E-state index contributed by atoms with van der Waals surface area (Å²) in [6.45, 7) is 1.50. The molecule has 0 aliphatic rings. The Morgan fingerprint density at radius 1 is 1.23 bits per heavy atom. The fraction of sp³-hybridized carbons (Fsp3) is 0.312. The van der Waals surface area contributed by atoms with E-state index in [1.54, 1.807) is 18.4 Å². The molecule has 0 saturated carbocycles. The number of thiophene rings is 1. The minimum atomic E-state index is 0. The Kier molecular flexibility index (Phi) is 9.10. The largest absolute Gasteiger partial charge is 0.396 e. The number of halogens is 1. The van der Waals surface area contributed by atoms with Crippen LogP contribution in [0.4, 0.5) is 0 Å². The van der Waals surface area contributed by atoms with Gasteiger partial charge in [-0.15, -0.1) is 24.0 Å². The van der Waals surface area contributed by atoms with Gasteiger partial charge < -0.3 is 15.7 Å². The molecule has 1 aromatic carbocycles. The monoisotopic (exact) mass is 431 g/mol. The van der Waals surface area contributed by atoms with Crippen LogP contribution < -0.4 is 10.6 Å². The van der Waals surface area contributed by atoms with Gasteiger partial charge in [-0.25, -0.2) is 0 Å². The van der Waals surface area contributed by atoms with Gasteiger partial charge in [0.25, 0.3) is 0 Å². The number of aliphatic hydroxyl groups is 1. The van der Waals surface area contributed by atoms with E-state index < -0.39 is 0 Å². The standard InChI is InChI=1S/C16H21N3OS.HI/c1-17-16(18-9-13-7-8-21-12-13)19-10-15(11-20)14-5-3-2-4-6-14;/h2-8,12,15,20H,9-11H2,1H3,(H2,17,18,19);1H. The lowest BCUT2D eigenvalue weighted by Crippen LogP contribution is -2.39. The molecule has 2 aromatic rings. The van der Waals surface area contributed by atoms with Crippen molar-refractivity contribution in [2.45, 2.75) is 12.5 Å². The lowest BCUT2D eigenvalue weighted by atomic mass is 10.0. The molecule has 4 nitrogen and oxygen atoms in total. The van der Waals surface area contributed by atoms with Crippen LogP contribution in [-0.2, 0) is 6.54 Å². The summed E-state index contributed by atoms with van der Waals surface area (Å²) in [5.74, 6) is 0.807. The van der Waals surface area contributed by atoms with Crippen LogP contribution in [0.3, 0.4) is 0 Å². The zero-order chi connectivity index (χ0) is 14.9. The smallest absolute Gasteiger partial charge is 0.191 e. The Hall–Kier alpha value is -1.12. The minimum Gasteiger partial charge on any atom is -0.396 e. The van der Waals surface area contributed by atoms with Crippen LogP contribution >= 0.6 is 35.3 Å². The molecule has 3 N–H and O–H groups in total. The summed E-state index contributed by atoms with van der Waals surface area (Å²) in [7, 11) is 1.75. The van der Waals surface area contributed by atoms with Gasteiger partial charge in [0.2, 0.25) is 0 Å². The van der Waals surface area contributed by atoms with Crippen molar-refractivity contribution in [2.24, 2.45) is 4.99 Å². The van der Waals surface area contributed by atoms with Crippen LogP contribution in [0.2, 0.25) is 0 Å². The second kappa shape index (κ2) is 10.6. The SMILES string of the molecule is CN=C(NCc1ccsc1)NCC(CO)c1ccccc1.I. The van der Waals surface area contributed by atoms with Gasteiger partial charge in [0.1, 0.15) is 0 Å². The third kappa shape index (κ3) is 5.94. The summed E-state index contributed by atoms with van der Waals surface area (Å²) < 4.78 is 0.